The summed E-state index contributed by atoms with van der Waals surface area (Å²) in [5, 5.41) is 3.94. The summed E-state index contributed by atoms with van der Waals surface area (Å²) in [6.07, 6.45) is 0.518. The van der Waals surface area contributed by atoms with E-state index in [4.69, 9.17) is 10.6 Å². The van der Waals surface area contributed by atoms with Crippen LogP contribution in [0.1, 0.15) is 5.82 Å². The second-order valence-corrected chi connectivity index (χ2v) is 3.74. The molecular weight excluding hydrogens is 240 g/mol. The molecule has 0 saturated heterocycles. The van der Waals surface area contributed by atoms with Gasteiger partial charge in [0.15, 0.2) is 28.7 Å². The van der Waals surface area contributed by atoms with Crippen molar-refractivity contribution in [1.82, 2.24) is 9.36 Å². The van der Waals surface area contributed by atoms with Crippen molar-refractivity contribution in [2.45, 2.75) is 0 Å². The number of carbonyl (C=O) groups excluding carboxylic acids is 1. The van der Waals surface area contributed by atoms with Crippen molar-refractivity contribution >= 4 is 28.7 Å². The highest BCUT2D eigenvalue weighted by Gasteiger charge is 2.09. The minimum atomic E-state index is 0.00167. The summed E-state index contributed by atoms with van der Waals surface area (Å²) >= 11 is 0.991. The Bertz CT molecular complexity index is 538. The Morgan fingerprint density at radius 1 is 1.41 bits per heavy atom. The molecule has 7 heteroatoms. The lowest BCUT2D eigenvalue weighted by Gasteiger charge is -1.97. The van der Waals surface area contributed by atoms with E-state index in [-0.39, 0.29) is 16.7 Å². The number of hydrogen-bond acceptors (Lipinski definition) is 7. The van der Waals surface area contributed by atoms with Crippen LogP contribution in [0.15, 0.2) is 35.5 Å². The van der Waals surface area contributed by atoms with Gasteiger partial charge in [-0.2, -0.15) is 9.36 Å². The molecule has 86 valence electrons. The number of aldehydes is 1. The summed E-state index contributed by atoms with van der Waals surface area (Å²) in [6.45, 7) is 0. The van der Waals surface area contributed by atoms with Crippen molar-refractivity contribution in [3.8, 4) is 5.75 Å². The molecule has 2 N–H and O–H groups in total. The SMILES string of the molecule is Nc1nc(/C(C=O)=N\Oc2ccccc2)ns1. The van der Waals surface area contributed by atoms with Gasteiger partial charge < -0.3 is 10.6 Å². The monoisotopic (exact) mass is 248 g/mol. The first-order chi connectivity index (χ1) is 8.29. The summed E-state index contributed by atoms with van der Waals surface area (Å²) in [4.78, 5) is 19.7. The van der Waals surface area contributed by atoms with Crippen LogP contribution in [-0.2, 0) is 4.79 Å². The van der Waals surface area contributed by atoms with Gasteiger partial charge in [-0.15, -0.1) is 0 Å². The second kappa shape index (κ2) is 5.17. The van der Waals surface area contributed by atoms with Crippen LogP contribution in [0.5, 0.6) is 5.75 Å². The first-order valence-electron chi connectivity index (χ1n) is 4.64. The molecule has 1 aromatic heterocycles. The standard InChI is InChI=1S/C10H8N4O2S/c11-10-12-9(14-17-10)8(6-15)13-16-7-4-2-1-3-5-7/h1-6H,(H2,11,12,14)/b13-8-. The van der Waals surface area contributed by atoms with Gasteiger partial charge in [-0.1, -0.05) is 23.4 Å². The van der Waals surface area contributed by atoms with E-state index in [0.717, 1.165) is 11.5 Å². The van der Waals surface area contributed by atoms with Crippen molar-refractivity contribution in [2.24, 2.45) is 5.16 Å². The van der Waals surface area contributed by atoms with E-state index >= 15 is 0 Å². The molecule has 2 rings (SSSR count). The number of nitrogens with zero attached hydrogens (tertiary/aromatic N) is 3. The number of anilines is 1. The van der Waals surface area contributed by atoms with Crippen LogP contribution in [0, 0.1) is 0 Å². The maximum absolute atomic E-state index is 10.8. The minimum Gasteiger partial charge on any atom is -0.374 e. The van der Waals surface area contributed by atoms with E-state index in [1.807, 2.05) is 6.07 Å². The van der Waals surface area contributed by atoms with E-state index in [0.29, 0.717) is 12.0 Å². The molecule has 2 aromatic rings. The number of rotatable bonds is 4. The molecule has 0 aliphatic heterocycles. The van der Waals surface area contributed by atoms with Crippen LogP contribution in [0.2, 0.25) is 0 Å². The first-order valence-corrected chi connectivity index (χ1v) is 5.41. The predicted octanol–water partition coefficient (Wildman–Crippen LogP) is 1.10. The highest BCUT2D eigenvalue weighted by molar-refractivity contribution is 7.09. The van der Waals surface area contributed by atoms with Crippen molar-refractivity contribution < 1.29 is 9.63 Å². The number of oxime groups is 1. The molecule has 0 radical (unpaired) electrons. The normalized spacial score (nSPS) is 11.2. The van der Waals surface area contributed by atoms with E-state index in [2.05, 4.69) is 14.5 Å². The fourth-order valence-corrected chi connectivity index (χ4v) is 1.48. The Balaban J connectivity index is 2.16. The summed E-state index contributed by atoms with van der Waals surface area (Å²) in [5.41, 5.74) is 5.41. The third-order valence-electron chi connectivity index (χ3n) is 1.78. The number of hydrogen-bond donors (Lipinski definition) is 1. The predicted molar refractivity (Wildman–Crippen MR) is 64.0 cm³/mol. The van der Waals surface area contributed by atoms with Crippen LogP contribution in [0.25, 0.3) is 0 Å². The smallest absolute Gasteiger partial charge is 0.200 e. The summed E-state index contributed by atoms with van der Waals surface area (Å²) < 4.78 is 3.86. The van der Waals surface area contributed by atoms with Gasteiger partial charge >= 0.3 is 0 Å². The fraction of sp³-hybridized carbons (Fsp3) is 0. The molecule has 17 heavy (non-hydrogen) atoms. The van der Waals surface area contributed by atoms with Gasteiger partial charge in [0.25, 0.3) is 0 Å². The largest absolute Gasteiger partial charge is 0.374 e. The number of nitrogens with two attached hydrogens (primary N) is 1. The van der Waals surface area contributed by atoms with Crippen LogP contribution < -0.4 is 10.6 Å². The van der Waals surface area contributed by atoms with E-state index in [1.54, 1.807) is 24.3 Å². The molecule has 1 aromatic carbocycles. The molecule has 6 nitrogen and oxygen atoms in total. The number of nitrogen functional groups attached to an aromatic ring is 1. The summed E-state index contributed by atoms with van der Waals surface area (Å²) in [5.74, 6) is 0.688. The molecule has 0 atom stereocenters. The van der Waals surface area contributed by atoms with E-state index in [1.165, 1.54) is 0 Å². The third-order valence-corrected chi connectivity index (χ3v) is 2.32. The average Bonchev–Trinajstić information content (AvgIpc) is 2.78. The molecule has 0 saturated carbocycles. The second-order valence-electron chi connectivity index (χ2n) is 2.95. The van der Waals surface area contributed by atoms with Gasteiger partial charge in [-0.3, -0.25) is 4.79 Å². The van der Waals surface area contributed by atoms with Gasteiger partial charge in [0, 0.05) is 11.5 Å². The Morgan fingerprint density at radius 3 is 2.76 bits per heavy atom. The Hall–Kier alpha value is -2.28. The van der Waals surface area contributed by atoms with Crippen LogP contribution in [0.4, 0.5) is 5.13 Å². The van der Waals surface area contributed by atoms with Crippen molar-refractivity contribution in [3.05, 3.63) is 36.2 Å². The lowest BCUT2D eigenvalue weighted by atomic mass is 10.3. The van der Waals surface area contributed by atoms with Crippen LogP contribution >= 0.6 is 11.5 Å². The zero-order valence-corrected chi connectivity index (χ0v) is 9.42. The van der Waals surface area contributed by atoms with Crippen LogP contribution in [0.3, 0.4) is 0 Å². The molecule has 0 aliphatic rings. The number of aromatic nitrogens is 2. The lowest BCUT2D eigenvalue weighted by Crippen LogP contribution is -2.07. The highest BCUT2D eigenvalue weighted by atomic mass is 32.1. The number of carbonyl (C=O) groups is 1. The molecule has 0 bridgehead atoms. The molecule has 0 aliphatic carbocycles. The lowest BCUT2D eigenvalue weighted by molar-refractivity contribution is -0.102. The van der Waals surface area contributed by atoms with E-state index in [9.17, 15) is 4.79 Å². The first kappa shape index (κ1) is 11.2. The van der Waals surface area contributed by atoms with Gasteiger partial charge in [-0.05, 0) is 12.1 Å². The van der Waals surface area contributed by atoms with E-state index < -0.39 is 0 Å². The average molecular weight is 248 g/mol. The van der Waals surface area contributed by atoms with Gasteiger partial charge in [0.05, 0.1) is 0 Å². The fourth-order valence-electron chi connectivity index (χ4n) is 1.04. The quantitative estimate of drug-likeness (QED) is 0.497. The topological polar surface area (TPSA) is 90.5 Å². The Kier molecular flexibility index (Phi) is 3.41. The zero-order valence-electron chi connectivity index (χ0n) is 8.61. The molecule has 1 heterocycles. The van der Waals surface area contributed by atoms with Gasteiger partial charge in [0.2, 0.25) is 0 Å². The molecule has 0 spiro atoms. The molecule has 0 fully saturated rings. The Morgan fingerprint density at radius 2 is 2.18 bits per heavy atom. The van der Waals surface area contributed by atoms with Gasteiger partial charge in [0.1, 0.15) is 0 Å². The summed E-state index contributed by atoms with van der Waals surface area (Å²) in [7, 11) is 0. The maximum Gasteiger partial charge on any atom is 0.200 e. The number of para-hydroxylation sites is 1. The van der Waals surface area contributed by atoms with Crippen molar-refractivity contribution in [1.29, 1.82) is 0 Å². The zero-order chi connectivity index (χ0) is 12.1. The van der Waals surface area contributed by atoms with Crippen molar-refractivity contribution in [2.75, 3.05) is 5.73 Å². The van der Waals surface area contributed by atoms with Crippen molar-refractivity contribution in [3.63, 3.8) is 0 Å². The van der Waals surface area contributed by atoms with Gasteiger partial charge in [-0.25, -0.2) is 0 Å². The summed E-state index contributed by atoms with van der Waals surface area (Å²) in [6, 6.07) is 8.87. The number of benzene rings is 1. The molecular formula is C10H8N4O2S. The third kappa shape index (κ3) is 2.85. The van der Waals surface area contributed by atoms with Crippen LogP contribution in [-0.4, -0.2) is 21.4 Å². The Labute approximate surface area is 101 Å². The highest BCUT2D eigenvalue weighted by Crippen LogP contribution is 2.10. The molecule has 0 amide bonds. The maximum atomic E-state index is 10.8. The minimum absolute atomic E-state index is 0.00167. The molecule has 0 unspecified atom stereocenters.